The van der Waals surface area contributed by atoms with Gasteiger partial charge in [0.1, 0.15) is 5.82 Å². The van der Waals surface area contributed by atoms with Crippen LogP contribution in [0.5, 0.6) is 0 Å². The predicted molar refractivity (Wildman–Crippen MR) is 56.1 cm³/mol. The van der Waals surface area contributed by atoms with Gasteiger partial charge in [0.25, 0.3) is 0 Å². The van der Waals surface area contributed by atoms with E-state index >= 15 is 0 Å². The number of nitrogens with one attached hydrogen (secondary N) is 1. The number of aryl methyl sites for hydroxylation is 1. The number of hydrogen-bond donors (Lipinski definition) is 1. The van der Waals surface area contributed by atoms with Gasteiger partial charge in [0, 0.05) is 25.9 Å². The van der Waals surface area contributed by atoms with Gasteiger partial charge in [-0.25, -0.2) is 4.39 Å². The van der Waals surface area contributed by atoms with Gasteiger partial charge in [0.2, 0.25) is 0 Å². The van der Waals surface area contributed by atoms with Crippen molar-refractivity contribution in [3.05, 3.63) is 29.6 Å². The molecule has 0 fully saturated rings. The van der Waals surface area contributed by atoms with Crippen molar-refractivity contribution in [3.63, 3.8) is 0 Å². The lowest BCUT2D eigenvalue weighted by molar-refractivity contribution is 0.198. The second kappa shape index (κ2) is 5.60. The number of ether oxygens (including phenoxy) is 1. The van der Waals surface area contributed by atoms with Crippen LogP contribution in [0.4, 0.5) is 10.1 Å². The molecule has 78 valence electrons. The molecule has 0 bridgehead atoms. The first-order valence-electron chi connectivity index (χ1n) is 4.73. The van der Waals surface area contributed by atoms with Crippen LogP contribution >= 0.6 is 0 Å². The zero-order valence-electron chi connectivity index (χ0n) is 8.64. The summed E-state index contributed by atoms with van der Waals surface area (Å²) >= 11 is 0. The van der Waals surface area contributed by atoms with Gasteiger partial charge in [-0.15, -0.1) is 0 Å². The van der Waals surface area contributed by atoms with E-state index in [1.54, 1.807) is 20.1 Å². The number of halogens is 1. The van der Waals surface area contributed by atoms with Gasteiger partial charge in [-0.05, 0) is 31.0 Å². The molecule has 14 heavy (non-hydrogen) atoms. The largest absolute Gasteiger partial charge is 0.385 e. The van der Waals surface area contributed by atoms with Gasteiger partial charge in [-0.2, -0.15) is 0 Å². The van der Waals surface area contributed by atoms with Crippen molar-refractivity contribution in [2.45, 2.75) is 13.3 Å². The topological polar surface area (TPSA) is 21.3 Å². The lowest BCUT2D eigenvalue weighted by Crippen LogP contribution is -2.04. The monoisotopic (exact) mass is 197 g/mol. The molecule has 0 amide bonds. The van der Waals surface area contributed by atoms with Crippen molar-refractivity contribution >= 4 is 5.69 Å². The van der Waals surface area contributed by atoms with Gasteiger partial charge in [0.15, 0.2) is 0 Å². The minimum absolute atomic E-state index is 0.165. The maximum atomic E-state index is 13.1. The van der Waals surface area contributed by atoms with Crippen molar-refractivity contribution in [2.75, 3.05) is 25.6 Å². The number of rotatable bonds is 5. The molecule has 0 unspecified atom stereocenters. The molecule has 1 aromatic rings. The van der Waals surface area contributed by atoms with E-state index in [-0.39, 0.29) is 5.82 Å². The van der Waals surface area contributed by atoms with E-state index in [2.05, 4.69) is 5.32 Å². The van der Waals surface area contributed by atoms with E-state index in [4.69, 9.17) is 4.74 Å². The molecule has 3 heteroatoms. The van der Waals surface area contributed by atoms with Crippen molar-refractivity contribution in [2.24, 2.45) is 0 Å². The molecule has 0 radical (unpaired) electrons. The summed E-state index contributed by atoms with van der Waals surface area (Å²) in [7, 11) is 1.67. The van der Waals surface area contributed by atoms with Crippen molar-refractivity contribution in [1.82, 2.24) is 0 Å². The van der Waals surface area contributed by atoms with Crippen LogP contribution in [0.2, 0.25) is 0 Å². The number of hydrogen-bond acceptors (Lipinski definition) is 2. The molecule has 0 spiro atoms. The zero-order chi connectivity index (χ0) is 10.4. The Morgan fingerprint density at radius 3 is 2.86 bits per heavy atom. The fourth-order valence-corrected chi connectivity index (χ4v) is 1.15. The van der Waals surface area contributed by atoms with E-state index in [0.717, 1.165) is 25.3 Å². The highest BCUT2D eigenvalue weighted by molar-refractivity contribution is 5.44. The minimum Gasteiger partial charge on any atom is -0.385 e. The molecule has 2 nitrogen and oxygen atoms in total. The molecule has 0 saturated carbocycles. The third-order valence-electron chi connectivity index (χ3n) is 2.03. The molecule has 0 atom stereocenters. The van der Waals surface area contributed by atoms with Crippen LogP contribution in [0.3, 0.4) is 0 Å². The molecule has 0 aromatic heterocycles. The Morgan fingerprint density at radius 2 is 2.21 bits per heavy atom. The summed E-state index contributed by atoms with van der Waals surface area (Å²) in [5.41, 5.74) is 1.50. The van der Waals surface area contributed by atoms with E-state index in [9.17, 15) is 4.39 Å². The normalized spacial score (nSPS) is 10.2. The van der Waals surface area contributed by atoms with Crippen LogP contribution in [-0.2, 0) is 4.74 Å². The number of methoxy groups -OCH3 is 1. The summed E-state index contributed by atoms with van der Waals surface area (Å²) in [5, 5.41) is 3.13. The molecule has 0 aliphatic heterocycles. The summed E-state index contributed by atoms with van der Waals surface area (Å²) < 4.78 is 18.0. The first kappa shape index (κ1) is 11.0. The Morgan fingerprint density at radius 1 is 1.43 bits per heavy atom. The summed E-state index contributed by atoms with van der Waals surface area (Å²) in [4.78, 5) is 0. The molecule has 0 aliphatic carbocycles. The first-order chi connectivity index (χ1) is 6.74. The van der Waals surface area contributed by atoms with Gasteiger partial charge in [-0.1, -0.05) is 6.07 Å². The number of benzene rings is 1. The summed E-state index contributed by atoms with van der Waals surface area (Å²) in [6, 6.07) is 5.17. The first-order valence-corrected chi connectivity index (χ1v) is 4.73. The molecule has 1 N–H and O–H groups in total. The Labute approximate surface area is 84.1 Å². The van der Waals surface area contributed by atoms with Gasteiger partial charge >= 0.3 is 0 Å². The SMILES string of the molecule is COCCCNc1ccc(C)c(F)c1. The Hall–Kier alpha value is -1.09. The summed E-state index contributed by atoms with van der Waals surface area (Å²) in [6.07, 6.45) is 0.923. The van der Waals surface area contributed by atoms with E-state index in [1.807, 2.05) is 6.07 Å². The van der Waals surface area contributed by atoms with Gasteiger partial charge in [-0.3, -0.25) is 0 Å². The maximum absolute atomic E-state index is 13.1. The van der Waals surface area contributed by atoms with Crippen LogP contribution in [-0.4, -0.2) is 20.3 Å². The second-order valence-corrected chi connectivity index (χ2v) is 3.24. The van der Waals surface area contributed by atoms with Crippen molar-refractivity contribution in [3.8, 4) is 0 Å². The molecule has 1 aromatic carbocycles. The summed E-state index contributed by atoms with van der Waals surface area (Å²) in [5.74, 6) is -0.165. The highest BCUT2D eigenvalue weighted by atomic mass is 19.1. The summed E-state index contributed by atoms with van der Waals surface area (Å²) in [6.45, 7) is 3.28. The predicted octanol–water partition coefficient (Wildman–Crippen LogP) is 2.58. The number of anilines is 1. The zero-order valence-corrected chi connectivity index (χ0v) is 8.64. The quantitative estimate of drug-likeness (QED) is 0.732. The third-order valence-corrected chi connectivity index (χ3v) is 2.03. The Kier molecular flexibility index (Phi) is 4.40. The van der Waals surface area contributed by atoms with Crippen LogP contribution in [0.1, 0.15) is 12.0 Å². The molecule has 0 saturated heterocycles. The molecule has 1 rings (SSSR count). The average Bonchev–Trinajstić information content (AvgIpc) is 2.18. The van der Waals surface area contributed by atoms with Gasteiger partial charge in [0.05, 0.1) is 0 Å². The average molecular weight is 197 g/mol. The second-order valence-electron chi connectivity index (χ2n) is 3.24. The minimum atomic E-state index is -0.165. The van der Waals surface area contributed by atoms with Crippen LogP contribution in [0.25, 0.3) is 0 Å². The lowest BCUT2D eigenvalue weighted by Gasteiger charge is -2.06. The molecule has 0 heterocycles. The van der Waals surface area contributed by atoms with Crippen LogP contribution in [0, 0.1) is 12.7 Å². The van der Waals surface area contributed by atoms with E-state index < -0.39 is 0 Å². The van der Waals surface area contributed by atoms with Crippen molar-refractivity contribution in [1.29, 1.82) is 0 Å². The van der Waals surface area contributed by atoms with Crippen LogP contribution < -0.4 is 5.32 Å². The Bertz CT molecular complexity index is 289. The smallest absolute Gasteiger partial charge is 0.128 e. The molecular weight excluding hydrogens is 181 g/mol. The fraction of sp³-hybridized carbons (Fsp3) is 0.455. The maximum Gasteiger partial charge on any atom is 0.128 e. The third kappa shape index (κ3) is 3.34. The molecular formula is C11H16FNO. The highest BCUT2D eigenvalue weighted by Gasteiger charge is 1.97. The fourth-order valence-electron chi connectivity index (χ4n) is 1.15. The van der Waals surface area contributed by atoms with Crippen molar-refractivity contribution < 1.29 is 9.13 Å². The lowest BCUT2D eigenvalue weighted by atomic mass is 10.2. The molecule has 0 aliphatic rings. The van der Waals surface area contributed by atoms with Gasteiger partial charge < -0.3 is 10.1 Å². The van der Waals surface area contributed by atoms with E-state index in [1.165, 1.54) is 6.07 Å². The van der Waals surface area contributed by atoms with E-state index in [0.29, 0.717) is 5.56 Å². The van der Waals surface area contributed by atoms with Crippen LogP contribution in [0.15, 0.2) is 18.2 Å². The standard InChI is InChI=1S/C11H16FNO/c1-9-4-5-10(8-11(9)12)13-6-3-7-14-2/h4-5,8,13H,3,6-7H2,1-2H3. The highest BCUT2D eigenvalue weighted by Crippen LogP contribution is 2.13. The Balaban J connectivity index is 2.39.